The Labute approximate surface area is 124 Å². The largest absolute Gasteiger partial charge is 0.497 e. The lowest BCUT2D eigenvalue weighted by atomic mass is 10.1. The van der Waals surface area contributed by atoms with Crippen LogP contribution in [-0.4, -0.2) is 30.0 Å². The van der Waals surface area contributed by atoms with E-state index in [-0.39, 0.29) is 6.10 Å². The molecule has 5 nitrogen and oxygen atoms in total. The van der Waals surface area contributed by atoms with E-state index in [1.54, 1.807) is 7.11 Å². The maximum atomic E-state index is 5.83. The summed E-state index contributed by atoms with van der Waals surface area (Å²) in [5, 5.41) is 7.96. The second kappa shape index (κ2) is 6.28. The number of nitrogens with one attached hydrogen (secondary N) is 1. The molecule has 0 unspecified atom stereocenters. The van der Waals surface area contributed by atoms with Crippen LogP contribution in [0.2, 0.25) is 0 Å². The lowest BCUT2D eigenvalue weighted by Crippen LogP contribution is -2.27. The second-order valence-corrected chi connectivity index (χ2v) is 5.30. The third-order valence-corrected chi connectivity index (χ3v) is 3.75. The number of hydrogen-bond donors (Lipinski definition) is 1. The van der Waals surface area contributed by atoms with E-state index in [2.05, 4.69) is 28.7 Å². The zero-order chi connectivity index (χ0) is 14.7. The Hall–Kier alpha value is -1.85. The van der Waals surface area contributed by atoms with E-state index in [0.29, 0.717) is 0 Å². The number of hydrogen-bond acceptors (Lipinski definition) is 4. The van der Waals surface area contributed by atoms with Gasteiger partial charge in [-0.25, -0.2) is 0 Å². The van der Waals surface area contributed by atoms with Crippen molar-refractivity contribution in [2.45, 2.75) is 19.1 Å². The van der Waals surface area contributed by atoms with E-state index in [4.69, 9.17) is 9.47 Å². The van der Waals surface area contributed by atoms with Crippen LogP contribution in [0.3, 0.4) is 0 Å². The summed E-state index contributed by atoms with van der Waals surface area (Å²) in [4.78, 5) is 0. The van der Waals surface area contributed by atoms with Gasteiger partial charge in [0.1, 0.15) is 11.9 Å². The fourth-order valence-corrected chi connectivity index (χ4v) is 2.66. The van der Waals surface area contributed by atoms with Gasteiger partial charge in [0.15, 0.2) is 0 Å². The molecule has 3 rings (SSSR count). The summed E-state index contributed by atoms with van der Waals surface area (Å²) < 4.78 is 12.9. The van der Waals surface area contributed by atoms with Gasteiger partial charge in [0.05, 0.1) is 19.4 Å². The van der Waals surface area contributed by atoms with Gasteiger partial charge >= 0.3 is 0 Å². The number of aromatic nitrogens is 2. The summed E-state index contributed by atoms with van der Waals surface area (Å²) >= 11 is 0. The van der Waals surface area contributed by atoms with E-state index < -0.39 is 0 Å². The van der Waals surface area contributed by atoms with Crippen LogP contribution in [0, 0.1) is 0 Å². The molecule has 0 fully saturated rings. The molecule has 1 aliphatic rings. The molecule has 2 aromatic rings. The summed E-state index contributed by atoms with van der Waals surface area (Å²) in [6.45, 7) is 2.36. The van der Waals surface area contributed by atoms with Crippen molar-refractivity contribution in [1.82, 2.24) is 15.1 Å². The molecule has 2 heterocycles. The van der Waals surface area contributed by atoms with E-state index in [1.165, 1.54) is 11.1 Å². The highest BCUT2D eigenvalue weighted by Crippen LogP contribution is 2.24. The summed E-state index contributed by atoms with van der Waals surface area (Å²) in [7, 11) is 3.64. The first-order valence-corrected chi connectivity index (χ1v) is 7.24. The molecule has 0 saturated heterocycles. The van der Waals surface area contributed by atoms with Crippen molar-refractivity contribution >= 4 is 0 Å². The SMILES string of the molecule is COc1ccc(CNC[C@H]2OCCc3cn(C)nc32)cc1. The van der Waals surface area contributed by atoms with Crippen molar-refractivity contribution < 1.29 is 9.47 Å². The molecule has 5 heteroatoms. The van der Waals surface area contributed by atoms with Crippen molar-refractivity contribution in [3.63, 3.8) is 0 Å². The maximum Gasteiger partial charge on any atom is 0.118 e. The number of fused-ring (bicyclic) bond motifs is 1. The third-order valence-electron chi connectivity index (χ3n) is 3.75. The molecule has 0 amide bonds. The normalized spacial score (nSPS) is 17.5. The quantitative estimate of drug-likeness (QED) is 0.911. The Kier molecular flexibility index (Phi) is 4.22. The molecule has 0 spiro atoms. The molecule has 1 N–H and O–H groups in total. The standard InChI is InChI=1S/C16H21N3O2/c1-19-11-13-7-8-21-15(16(13)18-19)10-17-9-12-3-5-14(20-2)6-4-12/h3-6,11,15,17H,7-10H2,1-2H3/t15-/m1/s1. The fourth-order valence-electron chi connectivity index (χ4n) is 2.66. The van der Waals surface area contributed by atoms with Crippen molar-refractivity contribution in [3.8, 4) is 5.75 Å². The van der Waals surface area contributed by atoms with Crippen LogP contribution < -0.4 is 10.1 Å². The van der Waals surface area contributed by atoms with Gasteiger partial charge in [0.25, 0.3) is 0 Å². The van der Waals surface area contributed by atoms with Gasteiger partial charge in [-0.3, -0.25) is 4.68 Å². The van der Waals surface area contributed by atoms with Crippen LogP contribution in [-0.2, 0) is 24.8 Å². The first-order chi connectivity index (χ1) is 10.3. The smallest absolute Gasteiger partial charge is 0.118 e. The molecule has 1 aliphatic heterocycles. The van der Waals surface area contributed by atoms with Crippen LogP contribution in [0.15, 0.2) is 30.5 Å². The summed E-state index contributed by atoms with van der Waals surface area (Å²) in [5.74, 6) is 0.882. The molecule has 1 atom stereocenters. The molecule has 0 saturated carbocycles. The predicted octanol–water partition coefficient (Wildman–Crippen LogP) is 1.83. The molecular formula is C16H21N3O2. The van der Waals surface area contributed by atoms with Gasteiger partial charge in [-0.2, -0.15) is 5.10 Å². The summed E-state index contributed by atoms with van der Waals surface area (Å²) in [6.07, 6.45) is 3.10. The number of aryl methyl sites for hydroxylation is 1. The van der Waals surface area contributed by atoms with Gasteiger partial charge in [-0.15, -0.1) is 0 Å². The number of methoxy groups -OCH3 is 1. The second-order valence-electron chi connectivity index (χ2n) is 5.30. The van der Waals surface area contributed by atoms with Gasteiger partial charge in [0, 0.05) is 26.3 Å². The zero-order valence-electron chi connectivity index (χ0n) is 12.5. The average molecular weight is 287 g/mol. The number of benzene rings is 1. The van der Waals surface area contributed by atoms with Crippen LogP contribution in [0.1, 0.15) is 22.9 Å². The van der Waals surface area contributed by atoms with Crippen LogP contribution in [0.4, 0.5) is 0 Å². The van der Waals surface area contributed by atoms with Crippen molar-refractivity contribution in [2.75, 3.05) is 20.3 Å². The van der Waals surface area contributed by atoms with Gasteiger partial charge in [0.2, 0.25) is 0 Å². The minimum atomic E-state index is 0.0493. The third kappa shape index (κ3) is 3.25. The summed E-state index contributed by atoms with van der Waals surface area (Å²) in [6, 6.07) is 8.09. The van der Waals surface area contributed by atoms with Gasteiger partial charge in [-0.05, 0) is 29.7 Å². The monoisotopic (exact) mass is 287 g/mol. The Balaban J connectivity index is 1.56. The van der Waals surface area contributed by atoms with Crippen LogP contribution >= 0.6 is 0 Å². The van der Waals surface area contributed by atoms with E-state index in [9.17, 15) is 0 Å². The Bertz CT molecular complexity index is 592. The lowest BCUT2D eigenvalue weighted by Gasteiger charge is -2.22. The van der Waals surface area contributed by atoms with Crippen LogP contribution in [0.25, 0.3) is 0 Å². The Morgan fingerprint density at radius 3 is 2.95 bits per heavy atom. The highest BCUT2D eigenvalue weighted by molar-refractivity contribution is 5.27. The number of ether oxygens (including phenoxy) is 2. The van der Waals surface area contributed by atoms with Crippen molar-refractivity contribution in [3.05, 3.63) is 47.3 Å². The lowest BCUT2D eigenvalue weighted by molar-refractivity contribution is 0.0393. The molecular weight excluding hydrogens is 266 g/mol. The van der Waals surface area contributed by atoms with E-state index >= 15 is 0 Å². The predicted molar refractivity (Wildman–Crippen MR) is 80.3 cm³/mol. The Morgan fingerprint density at radius 2 is 2.19 bits per heavy atom. The van der Waals surface area contributed by atoms with Crippen molar-refractivity contribution in [1.29, 1.82) is 0 Å². The Morgan fingerprint density at radius 1 is 1.38 bits per heavy atom. The number of rotatable bonds is 5. The molecule has 0 radical (unpaired) electrons. The molecule has 1 aromatic heterocycles. The molecule has 1 aromatic carbocycles. The molecule has 21 heavy (non-hydrogen) atoms. The van der Waals surface area contributed by atoms with Gasteiger partial charge in [-0.1, -0.05) is 12.1 Å². The van der Waals surface area contributed by atoms with Crippen LogP contribution in [0.5, 0.6) is 5.75 Å². The molecule has 0 bridgehead atoms. The maximum absolute atomic E-state index is 5.83. The molecule has 112 valence electrons. The minimum absolute atomic E-state index is 0.0493. The average Bonchev–Trinajstić information content (AvgIpc) is 2.89. The number of nitrogens with zero attached hydrogens (tertiary/aromatic N) is 2. The van der Waals surface area contributed by atoms with E-state index in [0.717, 1.165) is 37.6 Å². The topological polar surface area (TPSA) is 48.3 Å². The molecule has 0 aliphatic carbocycles. The highest BCUT2D eigenvalue weighted by Gasteiger charge is 2.23. The fraction of sp³-hybridized carbons (Fsp3) is 0.438. The van der Waals surface area contributed by atoms with Gasteiger partial charge < -0.3 is 14.8 Å². The van der Waals surface area contributed by atoms with E-state index in [1.807, 2.05) is 23.9 Å². The van der Waals surface area contributed by atoms with Crippen molar-refractivity contribution in [2.24, 2.45) is 7.05 Å². The first-order valence-electron chi connectivity index (χ1n) is 7.24. The zero-order valence-corrected chi connectivity index (χ0v) is 12.5. The highest BCUT2D eigenvalue weighted by atomic mass is 16.5. The first kappa shape index (κ1) is 14.1. The summed E-state index contributed by atoms with van der Waals surface area (Å²) in [5.41, 5.74) is 3.61. The minimum Gasteiger partial charge on any atom is -0.497 e.